The molecule has 38 nitrogen and oxygen atoms in total. The highest BCUT2D eigenvalue weighted by atomic mass is 16.7. The van der Waals surface area contributed by atoms with Crippen LogP contribution in [0.2, 0.25) is 0 Å². The lowest BCUT2D eigenvalue weighted by atomic mass is 9.94. The number of ether oxygens (including phenoxy) is 13. The predicted octanol–water partition coefficient (Wildman–Crippen LogP) is 4.69. The summed E-state index contributed by atoms with van der Waals surface area (Å²) in [6.45, 7) is 17.3. The van der Waals surface area contributed by atoms with Crippen molar-refractivity contribution in [2.24, 2.45) is 0 Å². The fraction of sp³-hybridized carbons (Fsp3) is 0.744. The average Bonchev–Trinajstić information content (AvgIpc) is 0.798. The highest BCUT2D eigenvalue weighted by Crippen LogP contribution is 2.33. The number of esters is 7. The fourth-order valence-electron chi connectivity index (χ4n) is 14.6. The summed E-state index contributed by atoms with van der Waals surface area (Å²) in [4.78, 5) is 206. The Labute approximate surface area is 727 Å². The van der Waals surface area contributed by atoms with Crippen molar-refractivity contribution in [1.29, 1.82) is 0 Å². The number of nitrogens with one attached hydrogen (secondary N) is 8. The van der Waals surface area contributed by atoms with Gasteiger partial charge < -0.3 is 104 Å². The number of Topliss-reactive ketones (excluding diaryl/α,β-unsaturated/α-hetero) is 1. The van der Waals surface area contributed by atoms with Crippen LogP contribution in [0.5, 0.6) is 0 Å². The Kier molecular flexibility index (Phi) is 52.0. The van der Waals surface area contributed by atoms with Crippen LogP contribution in [-0.2, 0) is 145 Å². The summed E-state index contributed by atoms with van der Waals surface area (Å²) in [6.07, 6.45) is -2.29. The van der Waals surface area contributed by atoms with Crippen LogP contribution in [0.4, 0.5) is 0 Å². The van der Waals surface area contributed by atoms with Gasteiger partial charge in [-0.15, -0.1) is 0 Å². The van der Waals surface area contributed by atoms with Gasteiger partial charge >= 0.3 is 41.8 Å². The molecule has 1 aromatic carbocycles. The van der Waals surface area contributed by atoms with Crippen LogP contribution in [0, 0.1) is 0 Å². The molecule has 16 atom stereocenters. The Morgan fingerprint density at radius 3 is 1.05 bits per heavy atom. The molecule has 8 amide bonds. The summed E-state index contributed by atoms with van der Waals surface area (Å²) in [5.74, 6) is -7.57. The molecular formula is C86H137N9O29. The van der Waals surface area contributed by atoms with Crippen LogP contribution in [0.1, 0.15) is 249 Å². The van der Waals surface area contributed by atoms with Crippen molar-refractivity contribution < 1.29 is 138 Å². The van der Waals surface area contributed by atoms with Gasteiger partial charge in [0.15, 0.2) is 55.5 Å². The maximum Gasteiger partial charge on any atom is 0.306 e. The van der Waals surface area contributed by atoms with Gasteiger partial charge in [0, 0.05) is 147 Å². The summed E-state index contributed by atoms with van der Waals surface area (Å²) in [7, 11) is 0. The van der Waals surface area contributed by atoms with Crippen molar-refractivity contribution in [3.05, 3.63) is 35.9 Å². The van der Waals surface area contributed by atoms with E-state index in [2.05, 4.69) is 42.5 Å². The normalized spacial score (nSPS) is 22.4. The molecule has 3 heterocycles. The van der Waals surface area contributed by atoms with E-state index in [4.69, 9.17) is 61.6 Å². The molecule has 3 saturated heterocycles. The molecule has 38 heteroatoms. The van der Waals surface area contributed by atoms with Gasteiger partial charge in [-0.2, -0.15) is 0 Å². The van der Waals surface area contributed by atoms with Gasteiger partial charge in [0.25, 0.3) is 0 Å². The van der Waals surface area contributed by atoms with Crippen molar-refractivity contribution in [3.63, 3.8) is 0 Å². The summed E-state index contributed by atoms with van der Waals surface area (Å²) >= 11 is 0. The van der Waals surface area contributed by atoms with E-state index < -0.39 is 169 Å². The Bertz CT molecular complexity index is 3400. The quantitative estimate of drug-likeness (QED) is 0.0249. The first-order valence-corrected chi connectivity index (χ1v) is 43.7. The molecule has 0 spiro atoms. The SMILES string of the molecule is CCC1OC(OCCCCCC(=O)NCCCCC(=O)CN(CC(=O)NCCCNC(=O)CCCCCOC2OC(CC)C(OC(C)=O)C(OC(C)=O)C2NC(C)=O)C(CCCCCC(=O)OCc2ccccc2)C(=O)NCCCNC(=O)CCCCCOC2OC(CC)C(OC(C)=O)C(OC(C)=O)C2NC(C)=O)C(NC(C)=O)C(OC(C)=O)C1OC(C)=O. The predicted molar refractivity (Wildman–Crippen MR) is 444 cm³/mol. The molecule has 8 N–H and O–H groups in total. The lowest BCUT2D eigenvalue weighted by Crippen LogP contribution is -2.65. The molecule has 0 bridgehead atoms. The van der Waals surface area contributed by atoms with E-state index in [1.807, 2.05) is 30.3 Å². The molecular weight excluding hydrogens is 1620 g/mol. The zero-order valence-corrected chi connectivity index (χ0v) is 74.4. The number of hydrogen-bond acceptors (Lipinski definition) is 30. The Hall–Kier alpha value is -9.34. The molecule has 700 valence electrons. The van der Waals surface area contributed by atoms with E-state index in [0.29, 0.717) is 122 Å². The van der Waals surface area contributed by atoms with E-state index in [1.165, 1.54) is 67.2 Å². The Morgan fingerprint density at radius 2 is 0.685 bits per heavy atom. The summed E-state index contributed by atoms with van der Waals surface area (Å²) in [6, 6.07) is 5.20. The number of carbonyl (C=O) groups excluding carboxylic acids is 16. The smallest absolute Gasteiger partial charge is 0.306 e. The minimum atomic E-state index is -1.10. The first-order chi connectivity index (χ1) is 59.2. The number of hydrogen-bond donors (Lipinski definition) is 8. The van der Waals surface area contributed by atoms with Crippen LogP contribution in [-0.4, -0.2) is 263 Å². The van der Waals surface area contributed by atoms with Crippen LogP contribution in [0.3, 0.4) is 0 Å². The highest BCUT2D eigenvalue weighted by Gasteiger charge is 2.53. The van der Waals surface area contributed by atoms with Crippen molar-refractivity contribution in [1.82, 2.24) is 47.4 Å². The fourth-order valence-corrected chi connectivity index (χ4v) is 14.6. The van der Waals surface area contributed by atoms with Crippen molar-refractivity contribution in [3.8, 4) is 0 Å². The van der Waals surface area contributed by atoms with Gasteiger partial charge in [0.2, 0.25) is 47.3 Å². The molecule has 124 heavy (non-hydrogen) atoms. The third kappa shape index (κ3) is 43.0. The number of carbonyl (C=O) groups is 16. The Morgan fingerprint density at radius 1 is 0.355 bits per heavy atom. The second-order valence-corrected chi connectivity index (χ2v) is 31.1. The van der Waals surface area contributed by atoms with Crippen LogP contribution in [0.25, 0.3) is 0 Å². The maximum absolute atomic E-state index is 14.6. The zero-order valence-electron chi connectivity index (χ0n) is 74.4. The second kappa shape index (κ2) is 60.3. The second-order valence-electron chi connectivity index (χ2n) is 31.1. The lowest BCUT2D eigenvalue weighted by Gasteiger charge is -2.45. The van der Waals surface area contributed by atoms with Gasteiger partial charge in [-0.3, -0.25) is 81.6 Å². The standard InChI is InChI=1S/C86H137N9O29/c1-13-66-77(116-57(7)99)80(119-60(10)102)74(92-54(4)96)84(122-66)112-48-30-18-24-39-69(106)87-43-29-28-37-64(105)51-95(52-72(109)90-46-33-44-88-70(107)40-25-19-31-49-113-85-75(93-55(5)97)81(120-61(11)103)78(117-58(8)100)67(14-2)123-85)65(38-23-17-27-42-73(110)115-53-63-35-21-16-22-36-63)83(111)91-47-34-45-89-71(108)41-26-20-32-50-114-86-76(94-56(6)98)82(121-62(12)104)79(118-59(9)101)68(15-3)124-86/h16,21-22,35-36,65-68,74-82,84-86H,13-15,17-20,23-34,37-53H2,1-12H3,(H,87,106)(H,88,107)(H,89,108)(H,90,109)(H,91,111)(H,92,96)(H,93,97)(H,94,98). The minimum Gasteiger partial charge on any atom is -0.461 e. The topological polar surface area (TPSA) is 493 Å². The molecule has 0 saturated carbocycles. The molecule has 0 aromatic heterocycles. The molecule has 0 radical (unpaired) electrons. The van der Waals surface area contributed by atoms with Gasteiger partial charge in [0.05, 0.1) is 19.1 Å². The van der Waals surface area contributed by atoms with E-state index in [9.17, 15) is 76.7 Å². The van der Waals surface area contributed by atoms with Crippen LogP contribution in [0.15, 0.2) is 30.3 Å². The van der Waals surface area contributed by atoms with E-state index in [1.54, 1.807) is 20.8 Å². The van der Waals surface area contributed by atoms with E-state index in [-0.39, 0.29) is 134 Å². The Balaban J connectivity index is 1.37. The average molecular weight is 1760 g/mol. The number of ketones is 1. The molecule has 3 aliphatic heterocycles. The minimum absolute atomic E-state index is 0.0389. The van der Waals surface area contributed by atoms with Gasteiger partial charge in [-0.05, 0) is 102 Å². The van der Waals surface area contributed by atoms with E-state index >= 15 is 0 Å². The third-order valence-corrected chi connectivity index (χ3v) is 20.3. The molecule has 16 unspecified atom stereocenters. The largest absolute Gasteiger partial charge is 0.461 e. The summed E-state index contributed by atoms with van der Waals surface area (Å²) < 4.78 is 75.3. The molecule has 4 rings (SSSR count). The highest BCUT2D eigenvalue weighted by molar-refractivity contribution is 5.87. The van der Waals surface area contributed by atoms with Crippen molar-refractivity contribution >= 4 is 94.8 Å². The van der Waals surface area contributed by atoms with Gasteiger partial charge in [0.1, 0.15) is 48.8 Å². The molecule has 0 aliphatic carbocycles. The molecule has 1 aromatic rings. The number of nitrogens with zero attached hydrogens (tertiary/aromatic N) is 1. The summed E-state index contributed by atoms with van der Waals surface area (Å²) in [5.41, 5.74) is 0.829. The van der Waals surface area contributed by atoms with Gasteiger partial charge in [-0.25, -0.2) is 0 Å². The summed E-state index contributed by atoms with van der Waals surface area (Å²) in [5, 5.41) is 22.6. The third-order valence-electron chi connectivity index (χ3n) is 20.3. The maximum atomic E-state index is 14.6. The number of unbranched alkanes of at least 4 members (excludes halogenated alkanes) is 9. The zero-order chi connectivity index (χ0) is 91.5. The first-order valence-electron chi connectivity index (χ1n) is 43.7. The van der Waals surface area contributed by atoms with E-state index in [0.717, 1.165) is 5.56 Å². The van der Waals surface area contributed by atoms with Crippen molar-refractivity contribution in [2.75, 3.05) is 65.6 Å². The van der Waals surface area contributed by atoms with Crippen LogP contribution < -0.4 is 42.5 Å². The number of amides is 8. The van der Waals surface area contributed by atoms with Crippen molar-refractivity contribution in [2.45, 2.75) is 348 Å². The monoisotopic (exact) mass is 1760 g/mol. The van der Waals surface area contributed by atoms with Crippen LogP contribution >= 0.6 is 0 Å². The molecule has 3 aliphatic rings. The first kappa shape index (κ1) is 107. The number of benzene rings is 1. The van der Waals surface area contributed by atoms with Gasteiger partial charge in [-0.1, -0.05) is 83.2 Å². The lowest BCUT2D eigenvalue weighted by molar-refractivity contribution is -0.272. The number of rotatable bonds is 60. The molecule has 3 fully saturated rings.